The van der Waals surface area contributed by atoms with Crippen LogP contribution in [0.1, 0.15) is 30.0 Å². The second-order valence-electron chi connectivity index (χ2n) is 7.61. The highest BCUT2D eigenvalue weighted by atomic mass is 16.5. The minimum atomic E-state index is -0.278. The molecule has 6 rings (SSSR count). The number of nitriles is 1. The zero-order chi connectivity index (χ0) is 21.2. The molecule has 152 valence electrons. The van der Waals surface area contributed by atoms with E-state index < -0.39 is 0 Å². The predicted octanol–water partition coefficient (Wildman–Crippen LogP) is 3.20. The number of benzene rings is 1. The summed E-state index contributed by atoms with van der Waals surface area (Å²) in [4.78, 5) is 24.0. The Morgan fingerprint density at radius 3 is 2.74 bits per heavy atom. The largest absolute Gasteiger partial charge is 0.338 e. The van der Waals surface area contributed by atoms with Gasteiger partial charge in [0, 0.05) is 0 Å². The molecule has 31 heavy (non-hydrogen) atoms. The summed E-state index contributed by atoms with van der Waals surface area (Å²) in [6.45, 7) is 0.141. The summed E-state index contributed by atoms with van der Waals surface area (Å²) in [5, 5.41) is 12.5. The first-order valence-electron chi connectivity index (χ1n) is 9.99. The normalized spacial score (nSPS) is 18.5. The highest BCUT2D eigenvalue weighted by Crippen LogP contribution is 2.52. The molecule has 2 unspecified atom stereocenters. The second-order valence-corrected chi connectivity index (χ2v) is 7.61. The van der Waals surface area contributed by atoms with E-state index in [-0.39, 0.29) is 23.4 Å². The Bertz CT molecular complexity index is 1350. The van der Waals surface area contributed by atoms with Crippen molar-refractivity contribution in [2.75, 3.05) is 0 Å². The SMILES string of the molecule is C1=C(c2ccccc2)CC2CC12.N#Cc1ccc2c(=O)n(Cc3ncno3)cnc2n1. The van der Waals surface area contributed by atoms with Gasteiger partial charge in [0.25, 0.3) is 5.56 Å². The van der Waals surface area contributed by atoms with E-state index in [9.17, 15) is 4.79 Å². The maximum absolute atomic E-state index is 12.2. The van der Waals surface area contributed by atoms with Crippen LogP contribution >= 0.6 is 0 Å². The van der Waals surface area contributed by atoms with Crippen molar-refractivity contribution in [3.63, 3.8) is 0 Å². The number of pyridine rings is 1. The lowest BCUT2D eigenvalue weighted by molar-refractivity contribution is 0.368. The van der Waals surface area contributed by atoms with Crippen molar-refractivity contribution in [1.82, 2.24) is 24.7 Å². The van der Waals surface area contributed by atoms with Crippen molar-refractivity contribution in [2.45, 2.75) is 19.4 Å². The highest BCUT2D eigenvalue weighted by Gasteiger charge is 2.40. The minimum absolute atomic E-state index is 0.141. The molecule has 0 aliphatic heterocycles. The lowest BCUT2D eigenvalue weighted by Crippen LogP contribution is -2.21. The zero-order valence-corrected chi connectivity index (χ0v) is 16.5. The Morgan fingerprint density at radius 1 is 1.16 bits per heavy atom. The fraction of sp³-hybridized carbons (Fsp3) is 0.217. The van der Waals surface area contributed by atoms with Gasteiger partial charge in [-0.15, -0.1) is 0 Å². The van der Waals surface area contributed by atoms with Crippen LogP contribution < -0.4 is 5.56 Å². The van der Waals surface area contributed by atoms with E-state index in [1.807, 2.05) is 6.07 Å². The van der Waals surface area contributed by atoms with Crippen LogP contribution in [0.15, 0.2) is 70.5 Å². The Kier molecular flexibility index (Phi) is 4.84. The number of aromatic nitrogens is 5. The predicted molar refractivity (Wildman–Crippen MR) is 113 cm³/mol. The van der Waals surface area contributed by atoms with E-state index >= 15 is 0 Å². The van der Waals surface area contributed by atoms with Gasteiger partial charge in [-0.2, -0.15) is 10.2 Å². The molecule has 4 aromatic rings. The molecule has 0 radical (unpaired) electrons. The quantitative estimate of drug-likeness (QED) is 0.510. The first kappa shape index (κ1) is 18.9. The summed E-state index contributed by atoms with van der Waals surface area (Å²) in [6.07, 6.45) is 7.85. The molecule has 1 aromatic carbocycles. The first-order valence-corrected chi connectivity index (χ1v) is 9.99. The molecule has 8 nitrogen and oxygen atoms in total. The molecule has 0 bridgehead atoms. The molecule has 0 saturated heterocycles. The smallest absolute Gasteiger partial charge is 0.263 e. The summed E-state index contributed by atoms with van der Waals surface area (Å²) in [5.74, 6) is 2.27. The molecule has 0 amide bonds. The standard InChI is InChI=1S/C12H12.C11H6N6O2/c1-2-4-9(5-3-1)10-6-11-8-12(11)7-10;12-3-7-1-2-8-10(16-7)14-6-17(11(8)18)4-9-13-5-15-19-9/h1-6,11-12H,7-8H2;1-2,5-6H,4H2. The average molecular weight is 410 g/mol. The fourth-order valence-electron chi connectivity index (χ4n) is 3.82. The van der Waals surface area contributed by atoms with Crippen molar-refractivity contribution in [3.05, 3.63) is 88.7 Å². The van der Waals surface area contributed by atoms with Gasteiger partial charge in [-0.05, 0) is 47.9 Å². The molecular formula is C23H18N6O2. The van der Waals surface area contributed by atoms with Gasteiger partial charge >= 0.3 is 0 Å². The van der Waals surface area contributed by atoms with Crippen LogP contribution in [0.4, 0.5) is 0 Å². The van der Waals surface area contributed by atoms with Crippen LogP contribution in [-0.4, -0.2) is 24.7 Å². The van der Waals surface area contributed by atoms with Gasteiger partial charge in [0.05, 0.1) is 5.39 Å². The number of nitrogens with zero attached hydrogens (tertiary/aromatic N) is 6. The first-order chi connectivity index (χ1) is 15.2. The monoisotopic (exact) mass is 410 g/mol. The minimum Gasteiger partial charge on any atom is -0.338 e. The van der Waals surface area contributed by atoms with Crippen molar-refractivity contribution in [2.24, 2.45) is 11.8 Å². The molecule has 1 saturated carbocycles. The van der Waals surface area contributed by atoms with E-state index in [4.69, 9.17) is 9.78 Å². The number of hydrogen-bond donors (Lipinski definition) is 0. The lowest BCUT2D eigenvalue weighted by atomic mass is 10.0. The van der Waals surface area contributed by atoms with Gasteiger partial charge in [0.15, 0.2) is 12.0 Å². The Labute approximate surface area is 177 Å². The van der Waals surface area contributed by atoms with Gasteiger partial charge in [0.2, 0.25) is 5.89 Å². The summed E-state index contributed by atoms with van der Waals surface area (Å²) in [6, 6.07) is 15.7. The van der Waals surface area contributed by atoms with Crippen LogP contribution in [0.25, 0.3) is 16.6 Å². The third kappa shape index (κ3) is 3.98. The van der Waals surface area contributed by atoms with Gasteiger partial charge in [-0.25, -0.2) is 9.97 Å². The molecule has 0 N–H and O–H groups in total. The third-order valence-corrected chi connectivity index (χ3v) is 5.53. The van der Waals surface area contributed by atoms with Crippen LogP contribution in [-0.2, 0) is 6.54 Å². The summed E-state index contributed by atoms with van der Waals surface area (Å²) >= 11 is 0. The maximum Gasteiger partial charge on any atom is 0.263 e. The highest BCUT2D eigenvalue weighted by molar-refractivity contribution is 5.73. The van der Waals surface area contributed by atoms with Crippen molar-refractivity contribution in [3.8, 4) is 6.07 Å². The Balaban J connectivity index is 0.000000145. The molecule has 2 aliphatic carbocycles. The molecule has 2 atom stereocenters. The molecule has 8 heteroatoms. The molecule has 1 fully saturated rings. The van der Waals surface area contributed by atoms with Crippen molar-refractivity contribution >= 4 is 16.6 Å². The van der Waals surface area contributed by atoms with Gasteiger partial charge in [0.1, 0.15) is 24.6 Å². The van der Waals surface area contributed by atoms with Crippen LogP contribution in [0, 0.1) is 23.2 Å². The number of fused-ring (bicyclic) bond motifs is 2. The Morgan fingerprint density at radius 2 is 2.03 bits per heavy atom. The van der Waals surface area contributed by atoms with Crippen molar-refractivity contribution in [1.29, 1.82) is 5.26 Å². The van der Waals surface area contributed by atoms with Crippen molar-refractivity contribution < 1.29 is 4.52 Å². The van der Waals surface area contributed by atoms with Crippen LogP contribution in [0.5, 0.6) is 0 Å². The van der Waals surface area contributed by atoms with Gasteiger partial charge in [-0.1, -0.05) is 41.6 Å². The molecule has 2 aliphatic rings. The fourth-order valence-corrected chi connectivity index (χ4v) is 3.82. The number of allylic oxidation sites excluding steroid dienone is 2. The zero-order valence-electron chi connectivity index (χ0n) is 16.5. The maximum atomic E-state index is 12.2. The Hall–Kier alpha value is -4.12. The average Bonchev–Trinajstić information content (AvgIpc) is 3.17. The summed E-state index contributed by atoms with van der Waals surface area (Å²) in [5.41, 5.74) is 3.20. The molecule has 0 spiro atoms. The van der Waals surface area contributed by atoms with Gasteiger partial charge in [-0.3, -0.25) is 9.36 Å². The van der Waals surface area contributed by atoms with E-state index in [2.05, 4.69) is 56.5 Å². The molecular weight excluding hydrogens is 392 g/mol. The van der Waals surface area contributed by atoms with E-state index in [1.165, 1.54) is 47.8 Å². The van der Waals surface area contributed by atoms with E-state index in [1.54, 1.807) is 5.57 Å². The van der Waals surface area contributed by atoms with Gasteiger partial charge < -0.3 is 4.52 Å². The lowest BCUT2D eigenvalue weighted by Gasteiger charge is -2.02. The second kappa shape index (κ2) is 7.95. The third-order valence-electron chi connectivity index (χ3n) is 5.53. The number of hydrogen-bond acceptors (Lipinski definition) is 7. The summed E-state index contributed by atoms with van der Waals surface area (Å²) in [7, 11) is 0. The van der Waals surface area contributed by atoms with Crippen LogP contribution in [0.2, 0.25) is 0 Å². The topological polar surface area (TPSA) is 110 Å². The molecule has 3 aromatic heterocycles. The van der Waals surface area contributed by atoms with E-state index in [0.717, 1.165) is 11.8 Å². The molecule has 3 heterocycles. The van der Waals surface area contributed by atoms with E-state index in [0.29, 0.717) is 11.3 Å². The number of rotatable bonds is 3. The summed E-state index contributed by atoms with van der Waals surface area (Å²) < 4.78 is 6.17. The van der Waals surface area contributed by atoms with Crippen LogP contribution in [0.3, 0.4) is 0 Å².